The number of alkyl halides is 3. The van der Waals surface area contributed by atoms with E-state index in [-0.39, 0.29) is 24.6 Å². The maximum atomic E-state index is 14.0. The van der Waals surface area contributed by atoms with Crippen molar-refractivity contribution >= 4 is 37.4 Å². The summed E-state index contributed by atoms with van der Waals surface area (Å²) in [7, 11) is -4.32. The molecule has 0 saturated carbocycles. The summed E-state index contributed by atoms with van der Waals surface area (Å²) in [6.45, 7) is -0.336. The Morgan fingerprint density at radius 2 is 1.91 bits per heavy atom. The third-order valence-electron chi connectivity index (χ3n) is 5.09. The predicted molar refractivity (Wildman–Crippen MR) is 109 cm³/mol. The van der Waals surface area contributed by atoms with E-state index in [0.29, 0.717) is 23.1 Å². The second-order valence-corrected chi connectivity index (χ2v) is 10.1. The molecule has 1 amide bonds. The maximum Gasteiger partial charge on any atom is 0.419 e. The lowest BCUT2D eigenvalue weighted by Crippen LogP contribution is -2.42. The number of primary amides is 1. The summed E-state index contributed by atoms with van der Waals surface area (Å²) in [5.41, 5.74) is 4.42. The van der Waals surface area contributed by atoms with Crippen molar-refractivity contribution in [3.63, 3.8) is 0 Å². The molecule has 6 nitrogen and oxygen atoms in total. The number of sulfonamides is 1. The van der Waals surface area contributed by atoms with Gasteiger partial charge in [0.25, 0.3) is 5.91 Å². The molecule has 1 fully saturated rings. The Bertz CT molecular complexity index is 1300. The number of halogens is 4. The summed E-state index contributed by atoms with van der Waals surface area (Å²) >= 11 is 1.16. The quantitative estimate of drug-likeness (QED) is 0.564. The van der Waals surface area contributed by atoms with Crippen molar-refractivity contribution in [1.29, 1.82) is 0 Å². The molecule has 1 aliphatic rings. The molecule has 2 N–H and O–H groups in total. The van der Waals surface area contributed by atoms with Gasteiger partial charge in [0, 0.05) is 23.4 Å². The number of fused-ring (bicyclic) bond motifs is 1. The Morgan fingerprint density at radius 3 is 2.56 bits per heavy atom. The van der Waals surface area contributed by atoms with E-state index < -0.39 is 44.5 Å². The molecule has 0 bridgehead atoms. The fraction of sp³-hybridized carbons (Fsp3) is 0.250. The van der Waals surface area contributed by atoms with Crippen LogP contribution in [0, 0.1) is 5.82 Å². The van der Waals surface area contributed by atoms with E-state index in [9.17, 15) is 30.8 Å². The molecule has 12 heteroatoms. The van der Waals surface area contributed by atoms with Crippen LogP contribution >= 0.6 is 11.3 Å². The highest BCUT2D eigenvalue weighted by molar-refractivity contribution is 7.89. The number of hydrogen-bond acceptors (Lipinski definition) is 5. The summed E-state index contributed by atoms with van der Waals surface area (Å²) in [5.74, 6) is -2.36. The molecule has 1 saturated heterocycles. The van der Waals surface area contributed by atoms with Crippen molar-refractivity contribution in [1.82, 2.24) is 4.31 Å². The van der Waals surface area contributed by atoms with Gasteiger partial charge in [0.2, 0.25) is 10.0 Å². The average Bonchev–Trinajstić information content (AvgIpc) is 3.13. The fourth-order valence-electron chi connectivity index (χ4n) is 3.62. The van der Waals surface area contributed by atoms with E-state index in [0.717, 1.165) is 26.4 Å². The number of carbonyl (C=O) groups excluding carboxylic acids is 1. The van der Waals surface area contributed by atoms with Crippen LogP contribution in [-0.4, -0.2) is 38.3 Å². The van der Waals surface area contributed by atoms with E-state index in [1.54, 1.807) is 24.3 Å². The molecular weight excluding hydrogens is 472 g/mol. The first kappa shape index (κ1) is 22.6. The predicted octanol–water partition coefficient (Wildman–Crippen LogP) is 3.92. The lowest BCUT2D eigenvalue weighted by Gasteiger charge is -2.32. The molecule has 1 aliphatic heterocycles. The third-order valence-corrected chi connectivity index (χ3v) is 8.15. The second kappa shape index (κ2) is 8.10. The minimum Gasteiger partial charge on any atom is -0.371 e. The van der Waals surface area contributed by atoms with Crippen LogP contribution in [-0.2, 0) is 20.9 Å². The van der Waals surface area contributed by atoms with Crippen LogP contribution in [0.2, 0.25) is 0 Å². The summed E-state index contributed by atoms with van der Waals surface area (Å²) < 4.78 is 86.0. The molecule has 1 unspecified atom stereocenters. The minimum absolute atomic E-state index is 0.0324. The van der Waals surface area contributed by atoms with Crippen LogP contribution < -0.4 is 5.73 Å². The third kappa shape index (κ3) is 3.98. The van der Waals surface area contributed by atoms with Gasteiger partial charge in [-0.15, -0.1) is 11.3 Å². The summed E-state index contributed by atoms with van der Waals surface area (Å²) in [6, 6.07) is 8.57. The van der Waals surface area contributed by atoms with Gasteiger partial charge >= 0.3 is 6.18 Å². The van der Waals surface area contributed by atoms with Crippen LogP contribution in [0.4, 0.5) is 17.6 Å². The molecule has 4 rings (SSSR count). The molecule has 32 heavy (non-hydrogen) atoms. The van der Waals surface area contributed by atoms with Crippen molar-refractivity contribution < 1.29 is 35.5 Å². The first-order chi connectivity index (χ1) is 15.0. The average molecular weight is 488 g/mol. The Morgan fingerprint density at radius 1 is 1.19 bits per heavy atom. The Hall–Kier alpha value is -2.54. The number of rotatable bonds is 4. The van der Waals surface area contributed by atoms with Crippen LogP contribution in [0.3, 0.4) is 0 Å². The molecular formula is C20H16F4N2O4S2. The molecule has 2 aromatic carbocycles. The van der Waals surface area contributed by atoms with Gasteiger partial charge in [-0.25, -0.2) is 12.8 Å². The van der Waals surface area contributed by atoms with E-state index in [1.807, 2.05) is 0 Å². The Labute approximate surface area is 184 Å². The SMILES string of the molecule is NC(=O)c1sc2ccccc2c1C1CN(S(=O)(=O)c2ccc(C(F)(F)F)c(F)c2)CCO1. The van der Waals surface area contributed by atoms with Crippen molar-refractivity contribution in [3.8, 4) is 0 Å². The highest BCUT2D eigenvalue weighted by Crippen LogP contribution is 2.39. The van der Waals surface area contributed by atoms with Crippen molar-refractivity contribution in [2.45, 2.75) is 17.2 Å². The van der Waals surface area contributed by atoms with Crippen molar-refractivity contribution in [2.75, 3.05) is 19.7 Å². The molecule has 1 aromatic heterocycles. The summed E-state index contributed by atoms with van der Waals surface area (Å²) in [5, 5.41) is 0.691. The number of hydrogen-bond donors (Lipinski definition) is 1. The largest absolute Gasteiger partial charge is 0.419 e. The molecule has 2 heterocycles. The fourth-order valence-corrected chi connectivity index (χ4v) is 6.17. The number of ether oxygens (including phenoxy) is 1. The zero-order valence-corrected chi connectivity index (χ0v) is 17.9. The van der Waals surface area contributed by atoms with E-state index in [4.69, 9.17) is 10.5 Å². The maximum absolute atomic E-state index is 14.0. The number of thiophene rings is 1. The Kier molecular flexibility index (Phi) is 5.74. The smallest absolute Gasteiger partial charge is 0.371 e. The van der Waals surface area contributed by atoms with Crippen LogP contribution in [0.15, 0.2) is 47.4 Å². The number of nitrogens with two attached hydrogens (primary N) is 1. The highest BCUT2D eigenvalue weighted by Gasteiger charge is 2.37. The zero-order valence-electron chi connectivity index (χ0n) is 16.2. The molecule has 170 valence electrons. The monoisotopic (exact) mass is 488 g/mol. The highest BCUT2D eigenvalue weighted by atomic mass is 32.2. The number of carbonyl (C=O) groups is 1. The number of nitrogens with zero attached hydrogens (tertiary/aromatic N) is 1. The van der Waals surface area contributed by atoms with Crippen molar-refractivity contribution in [2.24, 2.45) is 5.73 Å². The normalized spacial score (nSPS) is 18.2. The van der Waals surface area contributed by atoms with Crippen molar-refractivity contribution in [3.05, 3.63) is 64.3 Å². The Balaban J connectivity index is 1.70. The van der Waals surface area contributed by atoms with E-state index >= 15 is 0 Å². The van der Waals surface area contributed by atoms with E-state index in [1.165, 1.54) is 0 Å². The van der Waals surface area contributed by atoms with Gasteiger partial charge in [-0.3, -0.25) is 4.79 Å². The molecule has 0 aliphatic carbocycles. The second-order valence-electron chi connectivity index (χ2n) is 7.07. The van der Waals surface area contributed by atoms with E-state index in [2.05, 4.69) is 0 Å². The number of benzene rings is 2. The topological polar surface area (TPSA) is 89.7 Å². The first-order valence-corrected chi connectivity index (χ1v) is 11.6. The van der Waals surface area contributed by atoms with Gasteiger partial charge in [0.15, 0.2) is 0 Å². The van der Waals surface area contributed by atoms with Crippen LogP contribution in [0.5, 0.6) is 0 Å². The molecule has 1 atom stereocenters. The lowest BCUT2D eigenvalue weighted by molar-refractivity contribution is -0.140. The minimum atomic E-state index is -4.94. The lowest BCUT2D eigenvalue weighted by atomic mass is 10.0. The standard InChI is InChI=1S/C20H16F4N2O4S2/c21-14-9-11(5-6-13(14)20(22,23)24)32(28,29)26-7-8-30-15(10-26)17-12-3-1-2-4-16(12)31-18(17)19(25)27/h1-6,9,15H,7-8,10H2,(H2,25,27). The number of amides is 1. The van der Waals surface area contributed by atoms with Crippen LogP contribution in [0.1, 0.15) is 26.9 Å². The van der Waals surface area contributed by atoms with Crippen LogP contribution in [0.25, 0.3) is 10.1 Å². The molecule has 0 spiro atoms. The van der Waals surface area contributed by atoms with Gasteiger partial charge in [-0.1, -0.05) is 18.2 Å². The van der Waals surface area contributed by atoms with Gasteiger partial charge in [0.05, 0.1) is 28.0 Å². The molecule has 0 radical (unpaired) electrons. The first-order valence-electron chi connectivity index (χ1n) is 9.30. The molecule has 3 aromatic rings. The van der Waals surface area contributed by atoms with Gasteiger partial charge < -0.3 is 10.5 Å². The zero-order chi connectivity index (χ0) is 23.3. The van der Waals surface area contributed by atoms with Gasteiger partial charge in [-0.2, -0.15) is 17.5 Å². The van der Waals surface area contributed by atoms with Gasteiger partial charge in [0.1, 0.15) is 5.82 Å². The summed E-state index contributed by atoms with van der Waals surface area (Å²) in [6.07, 6.45) is -5.78. The van der Waals surface area contributed by atoms with Gasteiger partial charge in [-0.05, 0) is 29.7 Å². The number of morpholine rings is 1. The summed E-state index contributed by atoms with van der Waals surface area (Å²) in [4.78, 5) is 11.6.